The number of aromatic nitrogens is 1. The Morgan fingerprint density at radius 3 is 2.42 bits per heavy atom. The molecule has 0 saturated heterocycles. The van der Waals surface area contributed by atoms with Crippen molar-refractivity contribution in [3.05, 3.63) is 95.3 Å². The van der Waals surface area contributed by atoms with Crippen molar-refractivity contribution >= 4 is 11.6 Å². The average molecular weight is 339 g/mol. The van der Waals surface area contributed by atoms with Crippen LogP contribution in [0.5, 0.6) is 5.75 Å². The zero-order chi connectivity index (χ0) is 16.6. The summed E-state index contributed by atoms with van der Waals surface area (Å²) in [5.41, 5.74) is 2.16. The summed E-state index contributed by atoms with van der Waals surface area (Å²) in [6.45, 7) is 1.21. The molecule has 0 spiro atoms. The van der Waals surface area contributed by atoms with E-state index in [9.17, 15) is 0 Å². The minimum atomic E-state index is 0.0299. The summed E-state index contributed by atoms with van der Waals surface area (Å²) in [6.07, 6.45) is 1.81. The maximum absolute atomic E-state index is 6.10. The highest BCUT2D eigenvalue weighted by atomic mass is 35.5. The molecule has 0 radical (unpaired) electrons. The highest BCUT2D eigenvalue weighted by molar-refractivity contribution is 6.32. The van der Waals surface area contributed by atoms with Crippen LogP contribution in [0, 0.1) is 0 Å². The van der Waals surface area contributed by atoms with E-state index in [2.05, 4.69) is 22.4 Å². The van der Waals surface area contributed by atoms with Gasteiger partial charge in [-0.15, -0.1) is 0 Å². The van der Waals surface area contributed by atoms with Gasteiger partial charge >= 0.3 is 0 Å². The molecule has 0 saturated carbocycles. The Morgan fingerprint density at radius 2 is 1.67 bits per heavy atom. The number of hydrogen-bond acceptors (Lipinski definition) is 3. The number of halogens is 1. The third-order valence-electron chi connectivity index (χ3n) is 3.66. The van der Waals surface area contributed by atoms with Crippen LogP contribution in [0.15, 0.2) is 79.0 Å². The number of rotatable bonds is 7. The van der Waals surface area contributed by atoms with Crippen molar-refractivity contribution in [2.45, 2.75) is 6.04 Å². The van der Waals surface area contributed by atoms with E-state index in [1.165, 1.54) is 5.56 Å². The number of nitrogens with one attached hydrogen (secondary N) is 1. The third-order valence-corrected chi connectivity index (χ3v) is 3.97. The Morgan fingerprint density at radius 1 is 0.917 bits per heavy atom. The molecular weight excluding hydrogens is 320 g/mol. The second kappa shape index (κ2) is 8.48. The van der Waals surface area contributed by atoms with Crippen molar-refractivity contribution in [3.63, 3.8) is 0 Å². The Balaban J connectivity index is 1.64. The van der Waals surface area contributed by atoms with E-state index in [1.807, 2.05) is 66.9 Å². The lowest BCUT2D eigenvalue weighted by molar-refractivity contribution is 0.309. The Hall–Kier alpha value is -2.36. The largest absolute Gasteiger partial charge is 0.491 e. The molecule has 0 aliphatic heterocycles. The number of pyridine rings is 1. The van der Waals surface area contributed by atoms with Crippen LogP contribution in [0.4, 0.5) is 0 Å². The molecule has 1 heterocycles. The predicted molar refractivity (Wildman–Crippen MR) is 97.5 cm³/mol. The van der Waals surface area contributed by atoms with Crippen LogP contribution in [0.3, 0.4) is 0 Å². The van der Waals surface area contributed by atoms with Gasteiger partial charge < -0.3 is 10.1 Å². The first-order valence-electron chi connectivity index (χ1n) is 7.91. The summed E-state index contributed by atoms with van der Waals surface area (Å²) in [5.74, 6) is 0.704. The second-order valence-electron chi connectivity index (χ2n) is 5.33. The fraction of sp³-hybridized carbons (Fsp3) is 0.150. The molecule has 4 heteroatoms. The maximum Gasteiger partial charge on any atom is 0.137 e. The van der Waals surface area contributed by atoms with E-state index < -0.39 is 0 Å². The number of nitrogens with zero attached hydrogens (tertiary/aromatic N) is 1. The Bertz CT molecular complexity index is 710. The summed E-state index contributed by atoms with van der Waals surface area (Å²) in [7, 11) is 0. The molecule has 1 atom stereocenters. The first kappa shape index (κ1) is 16.5. The topological polar surface area (TPSA) is 34.1 Å². The number of ether oxygens (including phenoxy) is 1. The number of benzene rings is 2. The molecule has 0 fully saturated rings. The molecule has 0 bridgehead atoms. The summed E-state index contributed by atoms with van der Waals surface area (Å²) < 4.78 is 5.74. The van der Waals surface area contributed by atoms with E-state index in [-0.39, 0.29) is 6.04 Å². The lowest BCUT2D eigenvalue weighted by Crippen LogP contribution is -2.27. The molecular formula is C20H19ClN2O. The van der Waals surface area contributed by atoms with E-state index in [0.29, 0.717) is 23.9 Å². The molecule has 2 aromatic carbocycles. The van der Waals surface area contributed by atoms with Gasteiger partial charge in [0, 0.05) is 12.7 Å². The van der Waals surface area contributed by atoms with Crippen molar-refractivity contribution in [3.8, 4) is 5.75 Å². The summed E-state index contributed by atoms with van der Waals surface area (Å²) >= 11 is 6.10. The van der Waals surface area contributed by atoms with Gasteiger partial charge in [-0.3, -0.25) is 4.98 Å². The number of para-hydroxylation sites is 1. The molecule has 1 unspecified atom stereocenters. The van der Waals surface area contributed by atoms with Gasteiger partial charge in [0.1, 0.15) is 12.4 Å². The van der Waals surface area contributed by atoms with Gasteiger partial charge in [0.15, 0.2) is 0 Å². The average Bonchev–Trinajstić information content (AvgIpc) is 2.64. The molecule has 0 aliphatic carbocycles. The van der Waals surface area contributed by atoms with Gasteiger partial charge in [-0.05, 0) is 29.8 Å². The van der Waals surface area contributed by atoms with Crippen LogP contribution in [-0.4, -0.2) is 18.1 Å². The second-order valence-corrected chi connectivity index (χ2v) is 5.74. The molecule has 1 N–H and O–H groups in total. The summed E-state index contributed by atoms with van der Waals surface area (Å²) in [4.78, 5) is 4.48. The highest BCUT2D eigenvalue weighted by Gasteiger charge is 2.14. The first-order chi connectivity index (χ1) is 11.8. The lowest BCUT2D eigenvalue weighted by Gasteiger charge is -2.19. The van der Waals surface area contributed by atoms with Crippen LogP contribution in [0.1, 0.15) is 17.3 Å². The van der Waals surface area contributed by atoms with Crippen LogP contribution in [0.25, 0.3) is 0 Å². The minimum absolute atomic E-state index is 0.0299. The summed E-state index contributed by atoms with van der Waals surface area (Å²) in [6, 6.07) is 23.8. The van der Waals surface area contributed by atoms with E-state index in [0.717, 1.165) is 5.69 Å². The SMILES string of the molecule is Clc1ccccc1OCCNC(c1ccccc1)c1ccccn1. The van der Waals surface area contributed by atoms with Gasteiger partial charge in [-0.2, -0.15) is 0 Å². The molecule has 0 aliphatic rings. The Kier molecular flexibility index (Phi) is 5.83. The zero-order valence-electron chi connectivity index (χ0n) is 13.2. The highest BCUT2D eigenvalue weighted by Crippen LogP contribution is 2.23. The molecule has 3 nitrogen and oxygen atoms in total. The van der Waals surface area contributed by atoms with Crippen LogP contribution in [-0.2, 0) is 0 Å². The monoisotopic (exact) mass is 338 g/mol. The fourth-order valence-corrected chi connectivity index (χ4v) is 2.70. The van der Waals surface area contributed by atoms with Gasteiger partial charge in [0.25, 0.3) is 0 Å². The van der Waals surface area contributed by atoms with Crippen molar-refractivity contribution in [1.82, 2.24) is 10.3 Å². The standard InChI is InChI=1S/C20H19ClN2O/c21-17-10-4-5-12-19(17)24-15-14-23-20(16-8-2-1-3-9-16)18-11-6-7-13-22-18/h1-13,20,23H,14-15H2. The van der Waals surface area contributed by atoms with Crippen molar-refractivity contribution in [2.75, 3.05) is 13.2 Å². The zero-order valence-corrected chi connectivity index (χ0v) is 14.0. The lowest BCUT2D eigenvalue weighted by atomic mass is 10.0. The van der Waals surface area contributed by atoms with Crippen LogP contribution >= 0.6 is 11.6 Å². The van der Waals surface area contributed by atoms with Gasteiger partial charge in [-0.1, -0.05) is 60.1 Å². The number of hydrogen-bond donors (Lipinski definition) is 1. The molecule has 122 valence electrons. The van der Waals surface area contributed by atoms with Gasteiger partial charge in [0.2, 0.25) is 0 Å². The molecule has 3 aromatic rings. The Labute approximate surface area is 147 Å². The van der Waals surface area contributed by atoms with E-state index in [1.54, 1.807) is 0 Å². The maximum atomic E-state index is 6.10. The van der Waals surface area contributed by atoms with Gasteiger partial charge in [0.05, 0.1) is 16.8 Å². The van der Waals surface area contributed by atoms with Crippen molar-refractivity contribution in [1.29, 1.82) is 0 Å². The minimum Gasteiger partial charge on any atom is -0.491 e. The van der Waals surface area contributed by atoms with E-state index >= 15 is 0 Å². The fourth-order valence-electron chi connectivity index (χ4n) is 2.51. The van der Waals surface area contributed by atoms with Crippen LogP contribution in [0.2, 0.25) is 5.02 Å². The van der Waals surface area contributed by atoms with E-state index in [4.69, 9.17) is 16.3 Å². The van der Waals surface area contributed by atoms with Gasteiger partial charge in [-0.25, -0.2) is 0 Å². The van der Waals surface area contributed by atoms with Crippen molar-refractivity contribution in [2.24, 2.45) is 0 Å². The smallest absolute Gasteiger partial charge is 0.137 e. The summed E-state index contributed by atoms with van der Waals surface area (Å²) in [5, 5.41) is 4.14. The predicted octanol–water partition coefficient (Wildman–Crippen LogP) is 4.49. The quantitative estimate of drug-likeness (QED) is 0.644. The van der Waals surface area contributed by atoms with Crippen molar-refractivity contribution < 1.29 is 4.74 Å². The van der Waals surface area contributed by atoms with Crippen LogP contribution < -0.4 is 10.1 Å². The normalized spacial score (nSPS) is 11.9. The third kappa shape index (κ3) is 4.34. The first-order valence-corrected chi connectivity index (χ1v) is 8.29. The molecule has 0 amide bonds. The molecule has 3 rings (SSSR count). The molecule has 1 aromatic heterocycles. The molecule has 24 heavy (non-hydrogen) atoms.